The summed E-state index contributed by atoms with van der Waals surface area (Å²) in [6.45, 7) is 5.03. The Morgan fingerprint density at radius 3 is 2.31 bits per heavy atom. The van der Waals surface area contributed by atoms with Crippen LogP contribution in [0.4, 0.5) is 0 Å². The maximum atomic E-state index is 14.5. The molecule has 0 aliphatic carbocycles. The Bertz CT molecular complexity index is 1780. The van der Waals surface area contributed by atoms with Crippen LogP contribution >= 0.6 is 0 Å². The van der Waals surface area contributed by atoms with E-state index in [1.165, 1.54) is 18.0 Å². The Hall–Kier alpha value is -5.37. The van der Waals surface area contributed by atoms with Crippen molar-refractivity contribution >= 4 is 17.9 Å². The van der Waals surface area contributed by atoms with Crippen molar-refractivity contribution in [2.75, 3.05) is 6.54 Å². The van der Waals surface area contributed by atoms with E-state index >= 15 is 0 Å². The van der Waals surface area contributed by atoms with E-state index in [1.54, 1.807) is 23.4 Å². The minimum atomic E-state index is -0.721. The molecular weight excluding hydrogens is 562 g/mol. The van der Waals surface area contributed by atoms with Crippen LogP contribution < -0.4 is 0 Å². The number of benzene rings is 3. The molecule has 8 nitrogen and oxygen atoms in total. The SMILES string of the molecule is Cc1noc(C)c1/C=C/C(=O)N(Cc1ccc(-c2cncnc2)cc1)[C@@H](Cc1ccccc1)C(=O)N1CCc2ccccc2C1. The Balaban J connectivity index is 1.35. The first-order valence-corrected chi connectivity index (χ1v) is 15.1. The number of fused-ring (bicyclic) bond motifs is 1. The van der Waals surface area contributed by atoms with Crippen molar-refractivity contribution in [2.24, 2.45) is 0 Å². The zero-order chi connectivity index (χ0) is 31.2. The number of hydrogen-bond acceptors (Lipinski definition) is 6. The molecule has 45 heavy (non-hydrogen) atoms. The Morgan fingerprint density at radius 1 is 0.889 bits per heavy atom. The van der Waals surface area contributed by atoms with Crippen LogP contribution in [-0.2, 0) is 35.5 Å². The number of hydrogen-bond donors (Lipinski definition) is 0. The van der Waals surface area contributed by atoms with E-state index in [4.69, 9.17) is 4.52 Å². The summed E-state index contributed by atoms with van der Waals surface area (Å²) in [4.78, 5) is 40.5. The van der Waals surface area contributed by atoms with Crippen LogP contribution in [0.15, 0.2) is 108 Å². The van der Waals surface area contributed by atoms with Gasteiger partial charge in [-0.25, -0.2) is 9.97 Å². The average molecular weight is 598 g/mol. The normalized spacial score (nSPS) is 13.4. The standard InChI is InChI=1S/C37H35N5O3/c1-26-34(27(2)45-40-26)16-17-36(43)42(23-29-12-14-31(15-13-29)33-21-38-25-39-22-33)35(20-28-8-4-3-5-9-28)37(44)41-19-18-30-10-6-7-11-32(30)24-41/h3-17,21-22,25,35H,18-20,23-24H2,1-2H3/b17-16+/t35-/m0/s1. The van der Waals surface area contributed by atoms with E-state index in [-0.39, 0.29) is 18.4 Å². The first-order chi connectivity index (χ1) is 22.0. The molecule has 0 unspecified atom stereocenters. The van der Waals surface area contributed by atoms with Gasteiger partial charge in [-0.1, -0.05) is 84.0 Å². The monoisotopic (exact) mass is 597 g/mol. The van der Waals surface area contributed by atoms with Crippen LogP contribution in [0.2, 0.25) is 0 Å². The highest BCUT2D eigenvalue weighted by Gasteiger charge is 2.34. The van der Waals surface area contributed by atoms with Crippen molar-refractivity contribution in [2.45, 2.75) is 45.8 Å². The van der Waals surface area contributed by atoms with Crippen LogP contribution in [0.1, 0.15) is 39.3 Å². The zero-order valence-electron chi connectivity index (χ0n) is 25.5. The summed E-state index contributed by atoms with van der Waals surface area (Å²) in [5.74, 6) is 0.306. The smallest absolute Gasteiger partial charge is 0.247 e. The van der Waals surface area contributed by atoms with E-state index in [0.717, 1.165) is 39.8 Å². The van der Waals surface area contributed by atoms with E-state index < -0.39 is 6.04 Å². The van der Waals surface area contributed by atoms with E-state index in [9.17, 15) is 9.59 Å². The molecule has 1 atom stereocenters. The van der Waals surface area contributed by atoms with Gasteiger partial charge in [0.05, 0.1) is 5.69 Å². The van der Waals surface area contributed by atoms with Gasteiger partial charge in [0, 0.05) is 55.7 Å². The van der Waals surface area contributed by atoms with Crippen LogP contribution in [0, 0.1) is 13.8 Å². The van der Waals surface area contributed by atoms with Gasteiger partial charge in [-0.15, -0.1) is 0 Å². The molecule has 0 bridgehead atoms. The second-order valence-corrected chi connectivity index (χ2v) is 11.3. The summed E-state index contributed by atoms with van der Waals surface area (Å²) < 4.78 is 5.31. The topological polar surface area (TPSA) is 92.4 Å². The first-order valence-electron chi connectivity index (χ1n) is 15.1. The predicted octanol–water partition coefficient (Wildman–Crippen LogP) is 5.99. The fourth-order valence-electron chi connectivity index (χ4n) is 5.83. The molecule has 1 aliphatic rings. The maximum Gasteiger partial charge on any atom is 0.247 e. The summed E-state index contributed by atoms with van der Waals surface area (Å²) in [7, 11) is 0. The molecule has 0 saturated carbocycles. The number of carbonyl (C=O) groups is 2. The Morgan fingerprint density at radius 2 is 1.60 bits per heavy atom. The highest BCUT2D eigenvalue weighted by atomic mass is 16.5. The van der Waals surface area contributed by atoms with Gasteiger partial charge in [0.1, 0.15) is 18.1 Å². The lowest BCUT2D eigenvalue weighted by Gasteiger charge is -2.37. The highest BCUT2D eigenvalue weighted by molar-refractivity contribution is 5.96. The molecule has 0 fully saturated rings. The fourth-order valence-corrected chi connectivity index (χ4v) is 5.83. The molecule has 8 heteroatoms. The summed E-state index contributed by atoms with van der Waals surface area (Å²) in [5, 5.41) is 4.02. The van der Waals surface area contributed by atoms with Gasteiger partial charge in [0.15, 0.2) is 0 Å². The molecule has 0 radical (unpaired) electrons. The van der Waals surface area contributed by atoms with Crippen molar-refractivity contribution in [3.05, 3.63) is 143 Å². The number of nitrogens with zero attached hydrogens (tertiary/aromatic N) is 5. The molecular formula is C37H35N5O3. The van der Waals surface area contributed by atoms with Gasteiger partial charge >= 0.3 is 0 Å². The van der Waals surface area contributed by atoms with Gasteiger partial charge in [0.25, 0.3) is 0 Å². The van der Waals surface area contributed by atoms with Crippen molar-refractivity contribution in [3.8, 4) is 11.1 Å². The molecule has 5 aromatic rings. The molecule has 3 heterocycles. The minimum Gasteiger partial charge on any atom is -0.361 e. The number of carbonyl (C=O) groups excluding carboxylic acids is 2. The lowest BCUT2D eigenvalue weighted by Crippen LogP contribution is -2.52. The largest absolute Gasteiger partial charge is 0.361 e. The quantitative estimate of drug-likeness (QED) is 0.194. The van der Waals surface area contributed by atoms with Crippen LogP contribution in [0.3, 0.4) is 0 Å². The highest BCUT2D eigenvalue weighted by Crippen LogP contribution is 2.24. The lowest BCUT2D eigenvalue weighted by atomic mass is 9.97. The minimum absolute atomic E-state index is 0.0644. The molecule has 0 spiro atoms. The van der Waals surface area contributed by atoms with Crippen molar-refractivity contribution in [1.82, 2.24) is 24.9 Å². The summed E-state index contributed by atoms with van der Waals surface area (Å²) in [6, 6.07) is 25.4. The lowest BCUT2D eigenvalue weighted by molar-refractivity contribution is -0.144. The van der Waals surface area contributed by atoms with Gasteiger partial charge in [-0.2, -0.15) is 0 Å². The summed E-state index contributed by atoms with van der Waals surface area (Å²) in [6.07, 6.45) is 9.47. The maximum absolute atomic E-state index is 14.5. The molecule has 0 saturated heterocycles. The Labute approximate surface area is 263 Å². The molecule has 0 N–H and O–H groups in total. The van der Waals surface area contributed by atoms with Gasteiger partial charge in [-0.05, 0) is 54.2 Å². The second-order valence-electron chi connectivity index (χ2n) is 11.3. The van der Waals surface area contributed by atoms with Gasteiger partial charge < -0.3 is 14.3 Å². The van der Waals surface area contributed by atoms with E-state index in [1.807, 2.05) is 85.5 Å². The molecule has 6 rings (SSSR count). The van der Waals surface area contributed by atoms with Crippen LogP contribution in [0.5, 0.6) is 0 Å². The van der Waals surface area contributed by atoms with Crippen LogP contribution in [0.25, 0.3) is 17.2 Å². The number of aryl methyl sites for hydroxylation is 2. The average Bonchev–Trinajstić information content (AvgIpc) is 3.41. The van der Waals surface area contributed by atoms with Crippen molar-refractivity contribution in [3.63, 3.8) is 0 Å². The molecule has 2 amide bonds. The Kier molecular flexibility index (Phi) is 8.91. The zero-order valence-corrected chi connectivity index (χ0v) is 25.5. The third-order valence-corrected chi connectivity index (χ3v) is 8.34. The van der Waals surface area contributed by atoms with E-state index in [0.29, 0.717) is 31.0 Å². The summed E-state index contributed by atoms with van der Waals surface area (Å²) >= 11 is 0. The van der Waals surface area contributed by atoms with Gasteiger partial charge in [-0.3, -0.25) is 9.59 Å². The number of aromatic nitrogens is 3. The predicted molar refractivity (Wildman–Crippen MR) is 173 cm³/mol. The molecule has 2 aromatic heterocycles. The van der Waals surface area contributed by atoms with Crippen molar-refractivity contribution < 1.29 is 14.1 Å². The summed E-state index contributed by atoms with van der Waals surface area (Å²) in [5.41, 5.74) is 7.64. The number of rotatable bonds is 9. The third kappa shape index (κ3) is 6.91. The third-order valence-electron chi connectivity index (χ3n) is 8.34. The molecule has 226 valence electrons. The van der Waals surface area contributed by atoms with E-state index in [2.05, 4.69) is 27.3 Å². The fraction of sp³-hybridized carbons (Fsp3) is 0.216. The number of amides is 2. The molecule has 3 aromatic carbocycles. The van der Waals surface area contributed by atoms with Crippen molar-refractivity contribution in [1.29, 1.82) is 0 Å². The first kappa shape index (κ1) is 29.7. The van der Waals surface area contributed by atoms with Gasteiger partial charge in [0.2, 0.25) is 11.8 Å². The van der Waals surface area contributed by atoms with Crippen LogP contribution in [-0.4, -0.2) is 49.3 Å². The molecule has 1 aliphatic heterocycles. The second kappa shape index (κ2) is 13.5.